The molecule has 2 aromatic carbocycles. The standard InChI is InChI=1S/C24H22N2O5S2/c1-33(29,30)26-14-6-7-17-15-18(11-12-21(17)26)22(27)16-31-24(28)20-10-5-13-25-23(20)32-19-8-3-2-4-9-19/h2-5,8-13,15H,6-7,14,16H2,1H3. The first-order valence-corrected chi connectivity index (χ1v) is 13.0. The number of sulfonamides is 1. The molecule has 0 spiro atoms. The average Bonchev–Trinajstić information content (AvgIpc) is 2.82. The van der Waals surface area contributed by atoms with Gasteiger partial charge in [0.05, 0.1) is 17.5 Å². The first kappa shape index (κ1) is 23.0. The molecule has 1 aliphatic heterocycles. The molecule has 4 rings (SSSR count). The Bertz CT molecular complexity index is 1290. The third-order valence-electron chi connectivity index (χ3n) is 5.16. The van der Waals surface area contributed by atoms with Gasteiger partial charge < -0.3 is 4.74 Å². The summed E-state index contributed by atoms with van der Waals surface area (Å²) in [5.74, 6) is -0.986. The highest BCUT2D eigenvalue weighted by Crippen LogP contribution is 2.31. The van der Waals surface area contributed by atoms with Crippen LogP contribution in [0.15, 0.2) is 76.8 Å². The van der Waals surface area contributed by atoms with Crippen molar-refractivity contribution in [1.82, 2.24) is 4.98 Å². The number of aromatic nitrogens is 1. The van der Waals surface area contributed by atoms with E-state index in [1.54, 1.807) is 36.5 Å². The van der Waals surface area contributed by atoms with Crippen molar-refractivity contribution in [3.8, 4) is 0 Å². The van der Waals surface area contributed by atoms with Gasteiger partial charge in [-0.25, -0.2) is 18.2 Å². The zero-order valence-corrected chi connectivity index (χ0v) is 19.6. The number of ether oxygens (including phenoxy) is 1. The van der Waals surface area contributed by atoms with E-state index in [0.717, 1.165) is 10.5 Å². The Labute approximate surface area is 196 Å². The Morgan fingerprint density at radius 2 is 1.88 bits per heavy atom. The Hall–Kier alpha value is -3.17. The van der Waals surface area contributed by atoms with Gasteiger partial charge in [-0.1, -0.05) is 30.0 Å². The molecule has 0 radical (unpaired) electrons. The summed E-state index contributed by atoms with van der Waals surface area (Å²) in [5, 5.41) is 0.496. The van der Waals surface area contributed by atoms with Crippen molar-refractivity contribution in [3.05, 3.63) is 83.6 Å². The van der Waals surface area contributed by atoms with Crippen LogP contribution in [0, 0.1) is 0 Å². The molecule has 0 atom stereocenters. The van der Waals surface area contributed by atoms with Crippen molar-refractivity contribution >= 4 is 39.2 Å². The van der Waals surface area contributed by atoms with E-state index in [2.05, 4.69) is 4.98 Å². The van der Waals surface area contributed by atoms with E-state index in [4.69, 9.17) is 4.74 Å². The molecule has 0 unspecified atom stereocenters. The van der Waals surface area contributed by atoms with E-state index in [1.807, 2.05) is 30.3 Å². The molecule has 2 heterocycles. The molecule has 0 fully saturated rings. The van der Waals surface area contributed by atoms with Crippen LogP contribution in [0.25, 0.3) is 0 Å². The quantitative estimate of drug-likeness (QED) is 0.371. The fraction of sp³-hybridized carbons (Fsp3) is 0.208. The average molecular weight is 483 g/mol. The van der Waals surface area contributed by atoms with Gasteiger partial charge in [0.15, 0.2) is 12.4 Å². The number of hydrogen-bond acceptors (Lipinski definition) is 7. The minimum absolute atomic E-state index is 0.286. The third kappa shape index (κ3) is 5.43. The van der Waals surface area contributed by atoms with Crippen LogP contribution in [0.2, 0.25) is 0 Å². The second kappa shape index (κ2) is 9.76. The Morgan fingerprint density at radius 3 is 2.64 bits per heavy atom. The number of rotatable bonds is 7. The largest absolute Gasteiger partial charge is 0.454 e. The van der Waals surface area contributed by atoms with Crippen molar-refractivity contribution in [3.63, 3.8) is 0 Å². The lowest BCUT2D eigenvalue weighted by molar-refractivity contribution is 0.0470. The smallest absolute Gasteiger partial charge is 0.341 e. The topological polar surface area (TPSA) is 93.6 Å². The molecular formula is C24H22N2O5S2. The summed E-state index contributed by atoms with van der Waals surface area (Å²) in [5.41, 5.74) is 2.04. The number of anilines is 1. The first-order chi connectivity index (χ1) is 15.8. The van der Waals surface area contributed by atoms with Crippen LogP contribution < -0.4 is 4.31 Å². The molecule has 0 saturated heterocycles. The number of hydrogen-bond donors (Lipinski definition) is 0. The van der Waals surface area contributed by atoms with Crippen molar-refractivity contribution in [2.45, 2.75) is 22.8 Å². The van der Waals surface area contributed by atoms with Gasteiger partial charge in [0.1, 0.15) is 5.03 Å². The third-order valence-corrected chi connectivity index (χ3v) is 7.37. The highest BCUT2D eigenvalue weighted by Gasteiger charge is 2.25. The van der Waals surface area contributed by atoms with Gasteiger partial charge in [-0.15, -0.1) is 0 Å². The number of benzene rings is 2. The zero-order chi connectivity index (χ0) is 23.4. The van der Waals surface area contributed by atoms with E-state index in [1.165, 1.54) is 22.3 Å². The van der Waals surface area contributed by atoms with Crippen LogP contribution in [-0.4, -0.2) is 44.6 Å². The maximum Gasteiger partial charge on any atom is 0.341 e. The van der Waals surface area contributed by atoms with Gasteiger partial charge in [0, 0.05) is 23.2 Å². The molecule has 1 aromatic heterocycles. The molecule has 170 valence electrons. The van der Waals surface area contributed by atoms with Gasteiger partial charge in [-0.05, 0) is 60.9 Å². The van der Waals surface area contributed by atoms with Gasteiger partial charge in [0.2, 0.25) is 10.0 Å². The maximum atomic E-state index is 12.7. The van der Waals surface area contributed by atoms with E-state index in [0.29, 0.717) is 35.7 Å². The fourth-order valence-electron chi connectivity index (χ4n) is 3.60. The number of ketones is 1. The predicted molar refractivity (Wildman–Crippen MR) is 126 cm³/mol. The SMILES string of the molecule is CS(=O)(=O)N1CCCc2cc(C(=O)COC(=O)c3cccnc3Sc3ccccc3)ccc21. The molecular weight excluding hydrogens is 460 g/mol. The molecule has 3 aromatic rings. The molecule has 0 N–H and O–H groups in total. The van der Waals surface area contributed by atoms with E-state index >= 15 is 0 Å². The second-order valence-corrected chi connectivity index (χ2v) is 10.5. The van der Waals surface area contributed by atoms with Gasteiger partial charge in [-0.3, -0.25) is 9.10 Å². The van der Waals surface area contributed by atoms with Gasteiger partial charge in [0.25, 0.3) is 0 Å². The minimum Gasteiger partial charge on any atom is -0.454 e. The predicted octanol–water partition coefficient (Wildman–Crippen LogP) is 3.98. The normalized spacial score (nSPS) is 13.3. The summed E-state index contributed by atoms with van der Waals surface area (Å²) in [6.07, 6.45) is 4.12. The number of aryl methyl sites for hydroxylation is 1. The first-order valence-electron chi connectivity index (χ1n) is 10.3. The molecule has 9 heteroatoms. The number of carbonyl (C=O) groups is 2. The maximum absolute atomic E-state index is 12.7. The Balaban J connectivity index is 1.45. The van der Waals surface area contributed by atoms with Gasteiger partial charge >= 0.3 is 5.97 Å². The van der Waals surface area contributed by atoms with Crippen LogP contribution in [0.3, 0.4) is 0 Å². The van der Waals surface area contributed by atoms with Crippen LogP contribution in [0.4, 0.5) is 5.69 Å². The highest BCUT2D eigenvalue weighted by molar-refractivity contribution is 7.99. The minimum atomic E-state index is -3.38. The van der Waals surface area contributed by atoms with Crippen LogP contribution >= 0.6 is 11.8 Å². The molecule has 33 heavy (non-hydrogen) atoms. The lowest BCUT2D eigenvalue weighted by Crippen LogP contribution is -2.34. The number of nitrogens with zero attached hydrogens (tertiary/aromatic N) is 2. The number of esters is 1. The summed E-state index contributed by atoms with van der Waals surface area (Å²) in [4.78, 5) is 30.6. The molecule has 7 nitrogen and oxygen atoms in total. The molecule has 0 bridgehead atoms. The second-order valence-electron chi connectivity index (χ2n) is 7.55. The molecule has 1 aliphatic rings. The summed E-state index contributed by atoms with van der Waals surface area (Å²) in [6, 6.07) is 17.7. The zero-order valence-electron chi connectivity index (χ0n) is 17.9. The van der Waals surface area contributed by atoms with Crippen molar-refractivity contribution in [1.29, 1.82) is 0 Å². The van der Waals surface area contributed by atoms with Crippen LogP contribution in [0.5, 0.6) is 0 Å². The van der Waals surface area contributed by atoms with Gasteiger partial charge in [-0.2, -0.15) is 0 Å². The summed E-state index contributed by atoms with van der Waals surface area (Å²) in [7, 11) is -3.38. The molecule has 0 amide bonds. The fourth-order valence-corrected chi connectivity index (χ4v) is 5.49. The Kier molecular flexibility index (Phi) is 6.80. The van der Waals surface area contributed by atoms with Crippen LogP contribution in [0.1, 0.15) is 32.7 Å². The highest BCUT2D eigenvalue weighted by atomic mass is 32.2. The number of fused-ring (bicyclic) bond motifs is 1. The van der Waals surface area contributed by atoms with E-state index in [9.17, 15) is 18.0 Å². The summed E-state index contributed by atoms with van der Waals surface area (Å²) in [6.45, 7) is 0.00290. The van der Waals surface area contributed by atoms with Crippen molar-refractivity contribution in [2.75, 3.05) is 23.7 Å². The molecule has 0 saturated carbocycles. The lowest BCUT2D eigenvalue weighted by Gasteiger charge is -2.29. The summed E-state index contributed by atoms with van der Waals surface area (Å²) >= 11 is 1.34. The lowest BCUT2D eigenvalue weighted by atomic mass is 9.99. The number of pyridine rings is 1. The van der Waals surface area contributed by atoms with E-state index in [-0.39, 0.29) is 11.3 Å². The number of carbonyl (C=O) groups excluding carboxylic acids is 2. The molecule has 0 aliphatic carbocycles. The monoisotopic (exact) mass is 482 g/mol. The van der Waals surface area contributed by atoms with Crippen molar-refractivity contribution < 1.29 is 22.7 Å². The summed E-state index contributed by atoms with van der Waals surface area (Å²) < 4.78 is 30.7. The number of Topliss-reactive ketones (excluding diaryl/α,β-unsaturated/α-hetero) is 1. The Morgan fingerprint density at radius 1 is 1.09 bits per heavy atom. The van der Waals surface area contributed by atoms with E-state index < -0.39 is 22.6 Å². The van der Waals surface area contributed by atoms with Crippen LogP contribution in [-0.2, 0) is 21.2 Å². The van der Waals surface area contributed by atoms with Crippen molar-refractivity contribution in [2.24, 2.45) is 0 Å².